The second-order valence-corrected chi connectivity index (χ2v) is 5.05. The molecule has 0 aromatic rings. The van der Waals surface area contributed by atoms with Crippen molar-refractivity contribution in [3.63, 3.8) is 0 Å². The molecule has 1 rings (SSSR count). The third-order valence-corrected chi connectivity index (χ3v) is 2.96. The zero-order valence-electron chi connectivity index (χ0n) is 7.39. The highest BCUT2D eigenvalue weighted by Gasteiger charge is 2.26. The molecule has 0 aromatic heterocycles. The van der Waals surface area contributed by atoms with Crippen molar-refractivity contribution in [1.29, 1.82) is 0 Å². The Morgan fingerprint density at radius 3 is 2.45 bits per heavy atom. The molecule has 1 heteroatoms. The summed E-state index contributed by atoms with van der Waals surface area (Å²) in [6.07, 6.45) is 7.67. The molecule has 0 amide bonds. The zero-order valence-corrected chi connectivity index (χ0v) is 8.98. The summed E-state index contributed by atoms with van der Waals surface area (Å²) in [5, 5.41) is 0. The second-order valence-electron chi connectivity index (χ2n) is 4.13. The van der Waals surface area contributed by atoms with Crippen molar-refractivity contribution in [3.8, 4) is 0 Å². The van der Waals surface area contributed by atoms with Gasteiger partial charge < -0.3 is 0 Å². The predicted molar refractivity (Wildman–Crippen MR) is 53.7 cm³/mol. The van der Waals surface area contributed by atoms with Crippen LogP contribution in [0.1, 0.15) is 27.2 Å². The number of hydrogen-bond donors (Lipinski definition) is 0. The van der Waals surface area contributed by atoms with Crippen LogP contribution in [-0.4, -0.2) is 0 Å². The van der Waals surface area contributed by atoms with Gasteiger partial charge in [-0.25, -0.2) is 0 Å². The number of rotatable bonds is 0. The van der Waals surface area contributed by atoms with Crippen molar-refractivity contribution in [1.82, 2.24) is 0 Å². The summed E-state index contributed by atoms with van der Waals surface area (Å²) >= 11 is 3.60. The highest BCUT2D eigenvalue weighted by Crippen LogP contribution is 2.39. The van der Waals surface area contributed by atoms with Crippen molar-refractivity contribution >= 4 is 15.9 Å². The summed E-state index contributed by atoms with van der Waals surface area (Å²) in [6.45, 7) is 6.85. The molecule has 1 unspecified atom stereocenters. The number of halogens is 1. The van der Waals surface area contributed by atoms with E-state index < -0.39 is 0 Å². The Morgan fingerprint density at radius 2 is 2.09 bits per heavy atom. The molecular weight excluding hydrogens is 200 g/mol. The van der Waals surface area contributed by atoms with Crippen molar-refractivity contribution in [2.24, 2.45) is 11.3 Å². The third kappa shape index (κ3) is 2.19. The van der Waals surface area contributed by atoms with Gasteiger partial charge in [-0.3, -0.25) is 0 Å². The van der Waals surface area contributed by atoms with Crippen molar-refractivity contribution in [2.75, 3.05) is 0 Å². The summed E-state index contributed by atoms with van der Waals surface area (Å²) in [4.78, 5) is 0. The molecule has 1 aliphatic rings. The SMILES string of the molecule is CC(C)(C)C1CC=CC=C1Br. The van der Waals surface area contributed by atoms with Gasteiger partial charge >= 0.3 is 0 Å². The minimum atomic E-state index is 0.375. The second kappa shape index (κ2) is 3.14. The Kier molecular flexibility index (Phi) is 2.58. The van der Waals surface area contributed by atoms with Crippen LogP contribution in [0.3, 0.4) is 0 Å². The lowest BCUT2D eigenvalue weighted by Crippen LogP contribution is -2.20. The van der Waals surface area contributed by atoms with Gasteiger partial charge in [0.2, 0.25) is 0 Å². The van der Waals surface area contributed by atoms with Crippen LogP contribution in [-0.2, 0) is 0 Å². The Morgan fingerprint density at radius 1 is 1.45 bits per heavy atom. The number of hydrogen-bond acceptors (Lipinski definition) is 0. The fraction of sp³-hybridized carbons (Fsp3) is 0.600. The first-order valence-electron chi connectivity index (χ1n) is 4.04. The van der Waals surface area contributed by atoms with E-state index in [4.69, 9.17) is 0 Å². The van der Waals surface area contributed by atoms with Crippen LogP contribution in [0, 0.1) is 11.3 Å². The Balaban J connectivity index is 2.76. The van der Waals surface area contributed by atoms with Crippen LogP contribution in [0.25, 0.3) is 0 Å². The number of allylic oxidation sites excluding steroid dienone is 4. The van der Waals surface area contributed by atoms with Gasteiger partial charge in [0.05, 0.1) is 0 Å². The maximum absolute atomic E-state index is 3.60. The molecule has 0 spiro atoms. The lowest BCUT2D eigenvalue weighted by Gasteiger charge is -2.31. The van der Waals surface area contributed by atoms with E-state index >= 15 is 0 Å². The van der Waals surface area contributed by atoms with Crippen molar-refractivity contribution < 1.29 is 0 Å². The van der Waals surface area contributed by atoms with Crippen LogP contribution in [0.15, 0.2) is 22.7 Å². The van der Waals surface area contributed by atoms with Gasteiger partial charge in [0.15, 0.2) is 0 Å². The third-order valence-electron chi connectivity index (χ3n) is 2.14. The maximum Gasteiger partial charge on any atom is -0.00102 e. The van der Waals surface area contributed by atoms with Crippen molar-refractivity contribution in [3.05, 3.63) is 22.7 Å². The minimum Gasteiger partial charge on any atom is -0.0839 e. The van der Waals surface area contributed by atoms with Gasteiger partial charge in [-0.1, -0.05) is 54.9 Å². The Bertz CT molecular complexity index is 193. The molecule has 0 radical (unpaired) electrons. The lowest BCUT2D eigenvalue weighted by molar-refractivity contribution is 0.290. The average molecular weight is 215 g/mol. The highest BCUT2D eigenvalue weighted by molar-refractivity contribution is 9.11. The molecule has 62 valence electrons. The molecule has 11 heavy (non-hydrogen) atoms. The monoisotopic (exact) mass is 214 g/mol. The molecule has 0 aromatic carbocycles. The largest absolute Gasteiger partial charge is 0.0839 e. The molecular formula is C10H15Br. The Hall–Kier alpha value is -0.0400. The molecule has 0 saturated carbocycles. The first-order valence-corrected chi connectivity index (χ1v) is 4.83. The summed E-state index contributed by atoms with van der Waals surface area (Å²) in [6, 6.07) is 0. The van der Waals surface area contributed by atoms with Crippen LogP contribution >= 0.6 is 15.9 Å². The van der Waals surface area contributed by atoms with Gasteiger partial charge in [-0.15, -0.1) is 0 Å². The molecule has 0 fully saturated rings. The summed E-state index contributed by atoms with van der Waals surface area (Å²) in [7, 11) is 0. The Labute approximate surface area is 77.5 Å². The van der Waals surface area contributed by atoms with Crippen LogP contribution < -0.4 is 0 Å². The van der Waals surface area contributed by atoms with Gasteiger partial charge in [0.1, 0.15) is 0 Å². The first kappa shape index (κ1) is 9.05. The molecule has 0 bridgehead atoms. The molecule has 0 saturated heterocycles. The fourth-order valence-electron chi connectivity index (χ4n) is 1.37. The van der Waals surface area contributed by atoms with Gasteiger partial charge in [0, 0.05) is 0 Å². The van der Waals surface area contributed by atoms with Gasteiger partial charge in [0.25, 0.3) is 0 Å². The average Bonchev–Trinajstić information content (AvgIpc) is 1.86. The first-order chi connectivity index (χ1) is 5.02. The molecule has 0 aliphatic heterocycles. The zero-order chi connectivity index (χ0) is 8.48. The topological polar surface area (TPSA) is 0 Å². The van der Waals surface area contributed by atoms with E-state index in [0.717, 1.165) is 0 Å². The van der Waals surface area contributed by atoms with E-state index in [2.05, 4.69) is 54.9 Å². The van der Waals surface area contributed by atoms with Gasteiger partial charge in [-0.05, 0) is 22.2 Å². The fourth-order valence-corrected chi connectivity index (χ4v) is 2.40. The van der Waals surface area contributed by atoms with E-state index in [1.54, 1.807) is 0 Å². The van der Waals surface area contributed by atoms with Crippen LogP contribution in [0.5, 0.6) is 0 Å². The normalized spacial score (nSPS) is 25.1. The highest BCUT2D eigenvalue weighted by atomic mass is 79.9. The molecule has 1 aliphatic carbocycles. The lowest BCUT2D eigenvalue weighted by atomic mass is 9.77. The predicted octanol–water partition coefficient (Wildman–Crippen LogP) is 3.89. The van der Waals surface area contributed by atoms with Gasteiger partial charge in [-0.2, -0.15) is 0 Å². The summed E-state index contributed by atoms with van der Waals surface area (Å²) in [5.74, 6) is 0.660. The molecule has 0 nitrogen and oxygen atoms in total. The van der Waals surface area contributed by atoms with Crippen LogP contribution in [0.2, 0.25) is 0 Å². The maximum atomic E-state index is 3.60. The summed E-state index contributed by atoms with van der Waals surface area (Å²) in [5.41, 5.74) is 0.375. The van der Waals surface area contributed by atoms with E-state index in [1.165, 1.54) is 10.9 Å². The van der Waals surface area contributed by atoms with Crippen molar-refractivity contribution in [2.45, 2.75) is 27.2 Å². The molecule has 0 heterocycles. The standard InChI is InChI=1S/C10H15Br/c1-10(2,3)8-6-4-5-7-9(8)11/h4-5,7-8H,6H2,1-3H3. The molecule has 0 N–H and O–H groups in total. The van der Waals surface area contributed by atoms with E-state index in [-0.39, 0.29) is 0 Å². The van der Waals surface area contributed by atoms with Crippen LogP contribution in [0.4, 0.5) is 0 Å². The summed E-state index contributed by atoms with van der Waals surface area (Å²) < 4.78 is 1.34. The molecule has 1 atom stereocenters. The minimum absolute atomic E-state index is 0.375. The van der Waals surface area contributed by atoms with E-state index in [9.17, 15) is 0 Å². The quantitative estimate of drug-likeness (QED) is 0.575. The smallest absolute Gasteiger partial charge is 0.00102 e. The van der Waals surface area contributed by atoms with E-state index in [0.29, 0.717) is 11.3 Å². The van der Waals surface area contributed by atoms with E-state index in [1.807, 2.05) is 0 Å².